The molecule has 1 heterocycles. The van der Waals surface area contributed by atoms with Crippen LogP contribution < -0.4 is 5.32 Å². The molecular formula is C11H9F2N3. The second kappa shape index (κ2) is 4.65. The molecule has 0 atom stereocenters. The zero-order chi connectivity index (χ0) is 11.4. The molecule has 0 unspecified atom stereocenters. The summed E-state index contributed by atoms with van der Waals surface area (Å²) in [5, 5.41) is 2.80. The van der Waals surface area contributed by atoms with Crippen LogP contribution in [0.15, 0.2) is 36.7 Å². The van der Waals surface area contributed by atoms with Crippen molar-refractivity contribution in [3.63, 3.8) is 0 Å². The molecule has 3 nitrogen and oxygen atoms in total. The van der Waals surface area contributed by atoms with Crippen LogP contribution in [0.4, 0.5) is 14.7 Å². The third kappa shape index (κ3) is 2.50. The predicted octanol–water partition coefficient (Wildman–Crippen LogP) is 2.37. The Kier molecular flexibility index (Phi) is 3.05. The summed E-state index contributed by atoms with van der Waals surface area (Å²) in [5.41, 5.74) is 0.243. The maximum atomic E-state index is 13.2. The van der Waals surface area contributed by atoms with Gasteiger partial charge in [-0.3, -0.25) is 0 Å². The molecule has 1 aromatic carbocycles. The molecule has 0 amide bonds. The molecule has 2 aromatic rings. The summed E-state index contributed by atoms with van der Waals surface area (Å²) in [7, 11) is 0. The summed E-state index contributed by atoms with van der Waals surface area (Å²) in [6.45, 7) is 0.146. The lowest BCUT2D eigenvalue weighted by molar-refractivity contribution is 0.587. The Morgan fingerprint density at radius 1 is 1.12 bits per heavy atom. The van der Waals surface area contributed by atoms with Gasteiger partial charge in [-0.2, -0.15) is 0 Å². The van der Waals surface area contributed by atoms with Crippen LogP contribution in [0.5, 0.6) is 0 Å². The first-order valence-corrected chi connectivity index (χ1v) is 4.70. The van der Waals surface area contributed by atoms with Gasteiger partial charge in [0.25, 0.3) is 0 Å². The smallest absolute Gasteiger partial charge is 0.222 e. The first kappa shape index (κ1) is 10.5. The lowest BCUT2D eigenvalue weighted by Crippen LogP contribution is -2.05. The van der Waals surface area contributed by atoms with Crippen molar-refractivity contribution < 1.29 is 8.78 Å². The van der Waals surface area contributed by atoms with Gasteiger partial charge in [0.1, 0.15) is 11.6 Å². The number of halogens is 2. The summed E-state index contributed by atoms with van der Waals surface area (Å²) in [6, 6.07) is 5.00. The maximum Gasteiger partial charge on any atom is 0.222 e. The summed E-state index contributed by atoms with van der Waals surface area (Å²) in [4.78, 5) is 7.81. The minimum Gasteiger partial charge on any atom is -0.350 e. The van der Waals surface area contributed by atoms with Crippen molar-refractivity contribution in [2.75, 3.05) is 5.32 Å². The molecule has 0 bridgehead atoms. The molecular weight excluding hydrogens is 212 g/mol. The van der Waals surface area contributed by atoms with Crippen LogP contribution in [0.1, 0.15) is 5.56 Å². The number of nitrogens with one attached hydrogen (secondary N) is 1. The molecule has 0 radical (unpaired) electrons. The van der Waals surface area contributed by atoms with E-state index in [0.29, 0.717) is 5.95 Å². The second-order valence-corrected chi connectivity index (χ2v) is 3.16. The maximum absolute atomic E-state index is 13.2. The number of aromatic nitrogens is 2. The normalized spacial score (nSPS) is 10.1. The van der Waals surface area contributed by atoms with Crippen LogP contribution in [0.2, 0.25) is 0 Å². The van der Waals surface area contributed by atoms with Crippen molar-refractivity contribution >= 4 is 5.95 Å². The Labute approximate surface area is 91.2 Å². The number of anilines is 1. The van der Waals surface area contributed by atoms with E-state index in [4.69, 9.17) is 0 Å². The highest BCUT2D eigenvalue weighted by molar-refractivity contribution is 5.27. The standard InChI is InChI=1S/C11H9F2N3/c12-9-2-3-10(13)8(6-9)7-16-11-14-4-1-5-15-11/h1-6H,7H2,(H,14,15,16). The quantitative estimate of drug-likeness (QED) is 0.864. The van der Waals surface area contributed by atoms with Crippen LogP contribution in [-0.2, 0) is 6.54 Å². The van der Waals surface area contributed by atoms with E-state index in [1.165, 1.54) is 0 Å². The van der Waals surface area contributed by atoms with Crippen LogP contribution in [0.3, 0.4) is 0 Å². The third-order valence-electron chi connectivity index (χ3n) is 2.01. The van der Waals surface area contributed by atoms with Crippen molar-refractivity contribution in [2.24, 2.45) is 0 Å². The Bertz CT molecular complexity index is 474. The summed E-state index contributed by atoms with van der Waals surface area (Å²) >= 11 is 0. The lowest BCUT2D eigenvalue weighted by Gasteiger charge is -2.05. The molecule has 0 aliphatic carbocycles. The van der Waals surface area contributed by atoms with Gasteiger partial charge in [-0.25, -0.2) is 18.7 Å². The molecule has 0 aliphatic rings. The predicted molar refractivity (Wildman–Crippen MR) is 55.7 cm³/mol. The first-order valence-electron chi connectivity index (χ1n) is 4.70. The Balaban J connectivity index is 2.08. The van der Waals surface area contributed by atoms with Gasteiger partial charge in [-0.15, -0.1) is 0 Å². The molecule has 0 saturated carbocycles. The van der Waals surface area contributed by atoms with Gasteiger partial charge in [0.15, 0.2) is 0 Å². The van der Waals surface area contributed by atoms with Crippen LogP contribution >= 0.6 is 0 Å². The van der Waals surface area contributed by atoms with Crippen molar-refractivity contribution in [1.29, 1.82) is 0 Å². The van der Waals surface area contributed by atoms with Gasteiger partial charge in [0.05, 0.1) is 0 Å². The molecule has 5 heteroatoms. The topological polar surface area (TPSA) is 37.8 Å². The van der Waals surface area contributed by atoms with E-state index in [0.717, 1.165) is 18.2 Å². The zero-order valence-electron chi connectivity index (χ0n) is 8.32. The number of hydrogen-bond acceptors (Lipinski definition) is 3. The van der Waals surface area contributed by atoms with Crippen molar-refractivity contribution in [3.05, 3.63) is 53.9 Å². The van der Waals surface area contributed by atoms with Gasteiger partial charge in [-0.1, -0.05) is 0 Å². The summed E-state index contributed by atoms with van der Waals surface area (Å²) in [5.74, 6) is -0.539. The highest BCUT2D eigenvalue weighted by Gasteiger charge is 2.03. The van der Waals surface area contributed by atoms with Gasteiger partial charge in [0.2, 0.25) is 5.95 Å². The number of nitrogens with zero attached hydrogens (tertiary/aromatic N) is 2. The van der Waals surface area contributed by atoms with Crippen molar-refractivity contribution in [3.8, 4) is 0 Å². The molecule has 0 spiro atoms. The van der Waals surface area contributed by atoms with E-state index >= 15 is 0 Å². The molecule has 0 saturated heterocycles. The van der Waals surface area contributed by atoms with Gasteiger partial charge in [-0.05, 0) is 24.3 Å². The molecule has 2 rings (SSSR count). The Morgan fingerprint density at radius 2 is 1.88 bits per heavy atom. The molecule has 82 valence electrons. The average Bonchev–Trinajstić information content (AvgIpc) is 2.32. The minimum absolute atomic E-state index is 0.146. The van der Waals surface area contributed by atoms with Gasteiger partial charge < -0.3 is 5.32 Å². The highest BCUT2D eigenvalue weighted by Crippen LogP contribution is 2.10. The van der Waals surface area contributed by atoms with E-state index in [2.05, 4.69) is 15.3 Å². The first-order chi connectivity index (χ1) is 7.75. The molecule has 1 N–H and O–H groups in total. The molecule has 0 aliphatic heterocycles. The second-order valence-electron chi connectivity index (χ2n) is 3.16. The van der Waals surface area contributed by atoms with Crippen LogP contribution in [0, 0.1) is 11.6 Å². The van der Waals surface area contributed by atoms with Gasteiger partial charge in [0, 0.05) is 24.5 Å². The van der Waals surface area contributed by atoms with E-state index in [-0.39, 0.29) is 12.1 Å². The van der Waals surface area contributed by atoms with Crippen LogP contribution in [0.25, 0.3) is 0 Å². The van der Waals surface area contributed by atoms with Crippen molar-refractivity contribution in [1.82, 2.24) is 9.97 Å². The van der Waals surface area contributed by atoms with E-state index in [1.54, 1.807) is 18.5 Å². The number of benzene rings is 1. The molecule has 1 aromatic heterocycles. The SMILES string of the molecule is Fc1ccc(F)c(CNc2ncccn2)c1. The largest absolute Gasteiger partial charge is 0.350 e. The summed E-state index contributed by atoms with van der Waals surface area (Å²) < 4.78 is 26.1. The van der Waals surface area contributed by atoms with Crippen LogP contribution in [-0.4, -0.2) is 9.97 Å². The zero-order valence-corrected chi connectivity index (χ0v) is 8.32. The van der Waals surface area contributed by atoms with E-state index in [1.807, 2.05) is 0 Å². The fourth-order valence-electron chi connectivity index (χ4n) is 1.24. The van der Waals surface area contributed by atoms with E-state index < -0.39 is 11.6 Å². The van der Waals surface area contributed by atoms with Gasteiger partial charge >= 0.3 is 0 Å². The van der Waals surface area contributed by atoms with Crippen molar-refractivity contribution in [2.45, 2.75) is 6.54 Å². The average molecular weight is 221 g/mol. The highest BCUT2D eigenvalue weighted by atomic mass is 19.1. The molecule has 0 fully saturated rings. The third-order valence-corrected chi connectivity index (χ3v) is 2.01. The number of hydrogen-bond donors (Lipinski definition) is 1. The van der Waals surface area contributed by atoms with E-state index in [9.17, 15) is 8.78 Å². The monoisotopic (exact) mass is 221 g/mol. The Morgan fingerprint density at radius 3 is 2.62 bits per heavy atom. The lowest BCUT2D eigenvalue weighted by atomic mass is 10.2. The fraction of sp³-hybridized carbons (Fsp3) is 0.0909. The summed E-state index contributed by atoms with van der Waals surface area (Å²) in [6.07, 6.45) is 3.13. The minimum atomic E-state index is -0.466. The molecule has 16 heavy (non-hydrogen) atoms. The Hall–Kier alpha value is -2.04. The number of rotatable bonds is 3. The fourth-order valence-corrected chi connectivity index (χ4v) is 1.24.